The second-order valence-electron chi connectivity index (χ2n) is 7.49. The number of ether oxygens (including phenoxy) is 1. The van der Waals surface area contributed by atoms with Crippen LogP contribution in [0.4, 0.5) is 5.69 Å². The molecular formula is C23H31N3O4S2. The number of carbonyl (C=O) groups is 1. The Kier molecular flexibility index (Phi) is 8.58. The van der Waals surface area contributed by atoms with Gasteiger partial charge < -0.3 is 10.1 Å². The van der Waals surface area contributed by atoms with Crippen LogP contribution in [0.1, 0.15) is 29.8 Å². The maximum Gasteiger partial charge on any atom is 0.259 e. The van der Waals surface area contributed by atoms with Gasteiger partial charge in [-0.25, -0.2) is 8.42 Å². The Balaban J connectivity index is 1.82. The number of amides is 1. The Hall–Kier alpha value is -2.07. The SMILES string of the molecule is CCN(CC)S(=O)(=O)c1ccc(OC)c(C(=O)Nc2cccc(CN3CCSCC3)c2)c1. The average molecular weight is 478 g/mol. The number of rotatable bonds is 9. The van der Waals surface area contributed by atoms with Crippen molar-refractivity contribution in [3.05, 3.63) is 53.6 Å². The summed E-state index contributed by atoms with van der Waals surface area (Å²) in [7, 11) is -2.23. The number of benzene rings is 2. The zero-order chi connectivity index (χ0) is 23.1. The first kappa shape index (κ1) is 24.6. The van der Waals surface area contributed by atoms with Crippen LogP contribution in [-0.4, -0.2) is 68.3 Å². The van der Waals surface area contributed by atoms with Crippen molar-refractivity contribution in [3.63, 3.8) is 0 Å². The third kappa shape index (κ3) is 5.83. The van der Waals surface area contributed by atoms with E-state index in [-0.39, 0.29) is 10.5 Å². The highest BCUT2D eigenvalue weighted by Crippen LogP contribution is 2.26. The number of hydrogen-bond acceptors (Lipinski definition) is 6. The highest BCUT2D eigenvalue weighted by atomic mass is 32.2. The van der Waals surface area contributed by atoms with E-state index in [9.17, 15) is 13.2 Å². The van der Waals surface area contributed by atoms with Crippen LogP contribution < -0.4 is 10.1 Å². The molecule has 9 heteroatoms. The first-order valence-corrected chi connectivity index (χ1v) is 13.4. The van der Waals surface area contributed by atoms with Gasteiger partial charge in [-0.1, -0.05) is 26.0 Å². The molecule has 7 nitrogen and oxygen atoms in total. The summed E-state index contributed by atoms with van der Waals surface area (Å²) in [5, 5.41) is 2.90. The van der Waals surface area contributed by atoms with Crippen LogP contribution >= 0.6 is 11.8 Å². The van der Waals surface area contributed by atoms with Gasteiger partial charge in [-0.15, -0.1) is 0 Å². The van der Waals surface area contributed by atoms with Crippen LogP contribution in [-0.2, 0) is 16.6 Å². The van der Waals surface area contributed by atoms with Gasteiger partial charge in [0.05, 0.1) is 17.6 Å². The number of thioether (sulfide) groups is 1. The Morgan fingerprint density at radius 3 is 2.50 bits per heavy atom. The lowest BCUT2D eigenvalue weighted by molar-refractivity contribution is 0.102. The largest absolute Gasteiger partial charge is 0.496 e. The summed E-state index contributed by atoms with van der Waals surface area (Å²) < 4.78 is 32.5. The van der Waals surface area contributed by atoms with Crippen molar-refractivity contribution in [2.45, 2.75) is 25.3 Å². The molecule has 1 heterocycles. The third-order valence-corrected chi connectivity index (χ3v) is 8.44. The van der Waals surface area contributed by atoms with Crippen LogP contribution in [0.15, 0.2) is 47.4 Å². The number of nitrogens with one attached hydrogen (secondary N) is 1. The molecule has 0 saturated carbocycles. The topological polar surface area (TPSA) is 78.9 Å². The molecule has 2 aromatic rings. The smallest absolute Gasteiger partial charge is 0.259 e. The van der Waals surface area contributed by atoms with E-state index in [0.717, 1.165) is 36.7 Å². The molecule has 32 heavy (non-hydrogen) atoms. The molecule has 1 fully saturated rings. The normalized spacial score (nSPS) is 15.0. The van der Waals surface area contributed by atoms with Crippen LogP contribution in [0.25, 0.3) is 0 Å². The van der Waals surface area contributed by atoms with E-state index in [0.29, 0.717) is 24.5 Å². The van der Waals surface area contributed by atoms with Gasteiger partial charge in [-0.2, -0.15) is 16.1 Å². The van der Waals surface area contributed by atoms with Crippen molar-refractivity contribution < 1.29 is 17.9 Å². The fourth-order valence-electron chi connectivity index (χ4n) is 3.70. The van der Waals surface area contributed by atoms with Gasteiger partial charge in [0.2, 0.25) is 10.0 Å². The highest BCUT2D eigenvalue weighted by molar-refractivity contribution is 7.99. The minimum absolute atomic E-state index is 0.0730. The van der Waals surface area contributed by atoms with Crippen LogP contribution in [0.5, 0.6) is 5.75 Å². The van der Waals surface area contributed by atoms with Gasteiger partial charge in [-0.05, 0) is 35.9 Å². The number of sulfonamides is 1. The summed E-state index contributed by atoms with van der Waals surface area (Å²) in [6, 6.07) is 12.1. The summed E-state index contributed by atoms with van der Waals surface area (Å²) in [5.41, 5.74) is 1.97. The molecule has 0 aromatic heterocycles. The van der Waals surface area contributed by atoms with E-state index in [4.69, 9.17) is 4.74 Å². The molecule has 0 unspecified atom stereocenters. The molecule has 1 amide bonds. The third-order valence-electron chi connectivity index (χ3n) is 5.45. The predicted octanol–water partition coefficient (Wildman–Crippen LogP) is 3.53. The van der Waals surface area contributed by atoms with Gasteiger partial charge in [0.15, 0.2) is 0 Å². The number of anilines is 1. The lowest BCUT2D eigenvalue weighted by Gasteiger charge is -2.26. The van der Waals surface area contributed by atoms with Crippen LogP contribution in [0, 0.1) is 0 Å². The maximum atomic E-state index is 13.1. The van der Waals surface area contributed by atoms with Gasteiger partial charge in [0.1, 0.15) is 5.75 Å². The lowest BCUT2D eigenvalue weighted by atomic mass is 10.1. The fourth-order valence-corrected chi connectivity index (χ4v) is 6.16. The average Bonchev–Trinajstić information content (AvgIpc) is 2.80. The zero-order valence-corrected chi connectivity index (χ0v) is 20.5. The van der Waals surface area contributed by atoms with E-state index in [2.05, 4.69) is 16.3 Å². The maximum absolute atomic E-state index is 13.1. The highest BCUT2D eigenvalue weighted by Gasteiger charge is 2.24. The van der Waals surface area contributed by atoms with E-state index in [1.165, 1.54) is 29.6 Å². The van der Waals surface area contributed by atoms with Gasteiger partial charge in [-0.3, -0.25) is 9.69 Å². The van der Waals surface area contributed by atoms with Gasteiger partial charge in [0, 0.05) is 49.9 Å². The van der Waals surface area contributed by atoms with E-state index >= 15 is 0 Å². The molecular weight excluding hydrogens is 446 g/mol. The number of hydrogen-bond donors (Lipinski definition) is 1. The van der Waals surface area contributed by atoms with Crippen molar-refractivity contribution >= 4 is 33.4 Å². The van der Waals surface area contributed by atoms with Crippen molar-refractivity contribution in [2.24, 2.45) is 0 Å². The number of carbonyl (C=O) groups excluding carboxylic acids is 1. The quantitative estimate of drug-likeness (QED) is 0.595. The Morgan fingerprint density at radius 1 is 1.12 bits per heavy atom. The summed E-state index contributed by atoms with van der Waals surface area (Å²) >= 11 is 1.97. The Morgan fingerprint density at radius 2 is 1.84 bits per heavy atom. The van der Waals surface area contributed by atoms with Crippen LogP contribution in [0.2, 0.25) is 0 Å². The summed E-state index contributed by atoms with van der Waals surface area (Å²) in [5.74, 6) is 2.19. The Bertz CT molecular complexity index is 1030. The minimum Gasteiger partial charge on any atom is -0.496 e. The molecule has 0 radical (unpaired) electrons. The van der Waals surface area contributed by atoms with E-state index in [1.54, 1.807) is 13.8 Å². The lowest BCUT2D eigenvalue weighted by Crippen LogP contribution is -2.31. The Labute approximate surface area is 195 Å². The molecule has 1 aliphatic rings. The molecule has 0 spiro atoms. The fraction of sp³-hybridized carbons (Fsp3) is 0.435. The molecule has 174 valence electrons. The summed E-state index contributed by atoms with van der Waals surface area (Å²) in [6.07, 6.45) is 0. The molecule has 1 aliphatic heterocycles. The van der Waals surface area contributed by atoms with Gasteiger partial charge in [0.25, 0.3) is 5.91 Å². The summed E-state index contributed by atoms with van der Waals surface area (Å²) in [4.78, 5) is 15.5. The molecule has 1 N–H and O–H groups in total. The second kappa shape index (κ2) is 11.2. The first-order chi connectivity index (χ1) is 15.4. The van der Waals surface area contributed by atoms with Gasteiger partial charge >= 0.3 is 0 Å². The standard InChI is InChI=1S/C23H31N3O4S2/c1-4-26(5-2)32(28,29)20-9-10-22(30-3)21(16-20)23(27)24-19-8-6-7-18(15-19)17-25-11-13-31-14-12-25/h6-10,15-16H,4-5,11-14,17H2,1-3H3,(H,24,27). The second-order valence-corrected chi connectivity index (χ2v) is 10.7. The first-order valence-electron chi connectivity index (χ1n) is 10.8. The van der Waals surface area contributed by atoms with Crippen LogP contribution in [0.3, 0.4) is 0 Å². The number of methoxy groups -OCH3 is 1. The molecule has 1 saturated heterocycles. The molecule has 0 bridgehead atoms. The molecule has 0 atom stereocenters. The predicted molar refractivity (Wildman–Crippen MR) is 130 cm³/mol. The molecule has 0 aliphatic carbocycles. The van der Waals surface area contributed by atoms with Crippen molar-refractivity contribution in [1.29, 1.82) is 0 Å². The van der Waals surface area contributed by atoms with Crippen molar-refractivity contribution in [1.82, 2.24) is 9.21 Å². The van der Waals surface area contributed by atoms with E-state index in [1.807, 2.05) is 30.0 Å². The number of nitrogens with zero attached hydrogens (tertiary/aromatic N) is 2. The van der Waals surface area contributed by atoms with Crippen molar-refractivity contribution in [2.75, 3.05) is 50.1 Å². The molecule has 2 aromatic carbocycles. The van der Waals surface area contributed by atoms with Crippen molar-refractivity contribution in [3.8, 4) is 5.75 Å². The molecule has 3 rings (SSSR count). The zero-order valence-electron chi connectivity index (χ0n) is 18.8. The minimum atomic E-state index is -3.69. The summed E-state index contributed by atoms with van der Waals surface area (Å²) in [6.45, 7) is 7.25. The monoisotopic (exact) mass is 477 g/mol. The van der Waals surface area contributed by atoms with E-state index < -0.39 is 15.9 Å².